The van der Waals surface area contributed by atoms with Crippen molar-refractivity contribution in [2.24, 2.45) is 0 Å². The quantitative estimate of drug-likeness (QED) is 0.862. The Kier molecular flexibility index (Phi) is 4.36. The number of anilines is 2. The van der Waals surface area contributed by atoms with Crippen LogP contribution in [0.4, 0.5) is 11.8 Å². The summed E-state index contributed by atoms with van der Waals surface area (Å²) < 4.78 is 0.733. The Morgan fingerprint density at radius 2 is 1.76 bits per heavy atom. The third-order valence-electron chi connectivity index (χ3n) is 3.61. The highest BCUT2D eigenvalue weighted by Crippen LogP contribution is 2.18. The van der Waals surface area contributed by atoms with Crippen LogP contribution in [0.2, 0.25) is 0 Å². The van der Waals surface area contributed by atoms with Gasteiger partial charge in [-0.1, -0.05) is 30.3 Å². The van der Waals surface area contributed by atoms with E-state index >= 15 is 0 Å². The first-order valence-electron chi connectivity index (χ1n) is 7.02. The molecule has 2 aromatic rings. The number of halogens is 1. The van der Waals surface area contributed by atoms with Crippen molar-refractivity contribution < 1.29 is 0 Å². The number of piperazine rings is 1. The van der Waals surface area contributed by atoms with Crippen LogP contribution in [0.3, 0.4) is 0 Å². The molecule has 21 heavy (non-hydrogen) atoms. The molecule has 0 radical (unpaired) electrons. The van der Waals surface area contributed by atoms with Crippen LogP contribution in [0.25, 0.3) is 0 Å². The lowest BCUT2D eigenvalue weighted by atomic mass is 10.2. The Bertz CT molecular complexity index is 576. The van der Waals surface area contributed by atoms with Gasteiger partial charge in [0, 0.05) is 38.8 Å². The maximum absolute atomic E-state index is 5.78. The first-order valence-corrected chi connectivity index (χ1v) is 7.81. The van der Waals surface area contributed by atoms with Crippen LogP contribution in [-0.4, -0.2) is 41.0 Å². The standard InChI is InChI=1S/C15H18BrN5/c16-13-10-14(17)19-15(18-13)21-8-6-20(7-9-21)11-12-4-2-1-3-5-12/h1-5,10H,6-9,11H2,(H2,17,18,19). The molecule has 0 saturated carbocycles. The predicted octanol–water partition coefficient (Wildman–Crippen LogP) is 2.14. The highest BCUT2D eigenvalue weighted by Gasteiger charge is 2.19. The molecule has 110 valence electrons. The van der Waals surface area contributed by atoms with Crippen molar-refractivity contribution in [1.29, 1.82) is 0 Å². The molecule has 5 nitrogen and oxygen atoms in total. The van der Waals surface area contributed by atoms with E-state index in [1.807, 2.05) is 0 Å². The van der Waals surface area contributed by atoms with E-state index in [0.29, 0.717) is 11.8 Å². The fraction of sp³-hybridized carbons (Fsp3) is 0.333. The summed E-state index contributed by atoms with van der Waals surface area (Å²) in [5.74, 6) is 1.21. The molecule has 0 atom stereocenters. The second-order valence-corrected chi connectivity index (χ2v) is 5.98. The Morgan fingerprint density at radius 1 is 1.05 bits per heavy atom. The first kappa shape index (κ1) is 14.3. The van der Waals surface area contributed by atoms with Gasteiger partial charge in [-0.25, -0.2) is 4.98 Å². The zero-order valence-corrected chi connectivity index (χ0v) is 13.3. The molecule has 1 aliphatic rings. The largest absolute Gasteiger partial charge is 0.383 e. The SMILES string of the molecule is Nc1cc(Br)nc(N2CCN(Cc3ccccc3)CC2)n1. The number of rotatable bonds is 3. The number of hydrogen-bond donors (Lipinski definition) is 1. The number of benzene rings is 1. The van der Waals surface area contributed by atoms with Crippen LogP contribution in [0.1, 0.15) is 5.56 Å². The molecule has 0 aliphatic carbocycles. The van der Waals surface area contributed by atoms with Gasteiger partial charge >= 0.3 is 0 Å². The van der Waals surface area contributed by atoms with Crippen molar-refractivity contribution in [3.63, 3.8) is 0 Å². The molecular weight excluding hydrogens is 330 g/mol. The van der Waals surface area contributed by atoms with Crippen LogP contribution < -0.4 is 10.6 Å². The summed E-state index contributed by atoms with van der Waals surface area (Å²) in [5.41, 5.74) is 7.13. The molecule has 1 saturated heterocycles. The van der Waals surface area contributed by atoms with Gasteiger partial charge in [-0.15, -0.1) is 0 Å². The third-order valence-corrected chi connectivity index (χ3v) is 4.01. The average Bonchev–Trinajstić information content (AvgIpc) is 2.48. The maximum Gasteiger partial charge on any atom is 0.228 e. The van der Waals surface area contributed by atoms with E-state index in [9.17, 15) is 0 Å². The zero-order chi connectivity index (χ0) is 14.7. The Labute approximate surface area is 132 Å². The monoisotopic (exact) mass is 347 g/mol. The zero-order valence-electron chi connectivity index (χ0n) is 11.7. The number of hydrogen-bond acceptors (Lipinski definition) is 5. The van der Waals surface area contributed by atoms with Crippen molar-refractivity contribution >= 4 is 27.7 Å². The van der Waals surface area contributed by atoms with Gasteiger partial charge in [0.05, 0.1) is 0 Å². The van der Waals surface area contributed by atoms with Gasteiger partial charge in [-0.3, -0.25) is 4.90 Å². The fourth-order valence-corrected chi connectivity index (χ4v) is 2.90. The Balaban J connectivity index is 1.60. The maximum atomic E-state index is 5.78. The molecule has 2 heterocycles. The molecule has 0 unspecified atom stereocenters. The van der Waals surface area contributed by atoms with Gasteiger partial charge in [0.1, 0.15) is 10.4 Å². The number of aromatic nitrogens is 2. The van der Waals surface area contributed by atoms with E-state index in [1.54, 1.807) is 6.07 Å². The first-order chi connectivity index (χ1) is 10.2. The van der Waals surface area contributed by atoms with Gasteiger partial charge in [0.25, 0.3) is 0 Å². The van der Waals surface area contributed by atoms with Crippen LogP contribution >= 0.6 is 15.9 Å². The molecule has 0 amide bonds. The highest BCUT2D eigenvalue weighted by atomic mass is 79.9. The van der Waals surface area contributed by atoms with E-state index < -0.39 is 0 Å². The molecule has 0 bridgehead atoms. The molecule has 1 aromatic carbocycles. The summed E-state index contributed by atoms with van der Waals surface area (Å²) in [7, 11) is 0. The van der Waals surface area contributed by atoms with E-state index in [0.717, 1.165) is 37.3 Å². The lowest BCUT2D eigenvalue weighted by Gasteiger charge is -2.34. The van der Waals surface area contributed by atoms with E-state index in [4.69, 9.17) is 5.73 Å². The van der Waals surface area contributed by atoms with E-state index in [-0.39, 0.29) is 0 Å². The topological polar surface area (TPSA) is 58.3 Å². The predicted molar refractivity (Wildman–Crippen MR) is 88.1 cm³/mol. The van der Waals surface area contributed by atoms with Crippen molar-refractivity contribution in [3.05, 3.63) is 46.6 Å². The number of nitrogen functional groups attached to an aromatic ring is 1. The molecule has 6 heteroatoms. The molecular formula is C15H18BrN5. The van der Waals surface area contributed by atoms with Crippen molar-refractivity contribution in [3.8, 4) is 0 Å². The van der Waals surface area contributed by atoms with E-state index in [2.05, 4.69) is 66.0 Å². The minimum absolute atomic E-state index is 0.499. The summed E-state index contributed by atoms with van der Waals surface area (Å²) in [6, 6.07) is 12.3. The normalized spacial score (nSPS) is 16.1. The molecule has 3 rings (SSSR count). The summed E-state index contributed by atoms with van der Waals surface area (Å²) in [6.45, 7) is 4.84. The molecule has 0 spiro atoms. The minimum Gasteiger partial charge on any atom is -0.383 e. The van der Waals surface area contributed by atoms with Gasteiger partial charge in [-0.05, 0) is 21.5 Å². The van der Waals surface area contributed by atoms with Crippen molar-refractivity contribution in [2.45, 2.75) is 6.54 Å². The fourth-order valence-electron chi connectivity index (χ4n) is 2.51. The van der Waals surface area contributed by atoms with Crippen LogP contribution in [0, 0.1) is 0 Å². The summed E-state index contributed by atoms with van der Waals surface area (Å²) >= 11 is 3.37. The van der Waals surface area contributed by atoms with Gasteiger partial charge in [0.15, 0.2) is 0 Å². The summed E-state index contributed by atoms with van der Waals surface area (Å²) in [5, 5.41) is 0. The van der Waals surface area contributed by atoms with Crippen molar-refractivity contribution in [2.75, 3.05) is 36.8 Å². The molecule has 1 aromatic heterocycles. The lowest BCUT2D eigenvalue weighted by molar-refractivity contribution is 0.248. The van der Waals surface area contributed by atoms with Gasteiger partial charge < -0.3 is 10.6 Å². The molecule has 2 N–H and O–H groups in total. The van der Waals surface area contributed by atoms with Crippen LogP contribution in [0.5, 0.6) is 0 Å². The average molecular weight is 348 g/mol. The Hall–Kier alpha value is -1.66. The Morgan fingerprint density at radius 3 is 2.43 bits per heavy atom. The lowest BCUT2D eigenvalue weighted by Crippen LogP contribution is -2.46. The van der Waals surface area contributed by atoms with Crippen LogP contribution in [-0.2, 0) is 6.54 Å². The third kappa shape index (κ3) is 3.71. The second kappa shape index (κ2) is 6.41. The summed E-state index contributed by atoms with van der Waals surface area (Å²) in [6.07, 6.45) is 0. The number of nitrogens with zero attached hydrogens (tertiary/aromatic N) is 4. The van der Waals surface area contributed by atoms with E-state index in [1.165, 1.54) is 5.56 Å². The molecule has 1 aliphatic heterocycles. The second-order valence-electron chi connectivity index (χ2n) is 5.16. The smallest absolute Gasteiger partial charge is 0.228 e. The highest BCUT2D eigenvalue weighted by molar-refractivity contribution is 9.10. The summed E-state index contributed by atoms with van der Waals surface area (Å²) in [4.78, 5) is 13.3. The van der Waals surface area contributed by atoms with Crippen LogP contribution in [0.15, 0.2) is 41.0 Å². The minimum atomic E-state index is 0.499. The number of nitrogens with two attached hydrogens (primary N) is 1. The van der Waals surface area contributed by atoms with Gasteiger partial charge in [-0.2, -0.15) is 4.98 Å². The van der Waals surface area contributed by atoms with Gasteiger partial charge in [0.2, 0.25) is 5.95 Å². The van der Waals surface area contributed by atoms with Crippen molar-refractivity contribution in [1.82, 2.24) is 14.9 Å². The molecule has 1 fully saturated rings.